The molecule has 2 nitrogen and oxygen atoms in total. The third-order valence-electron chi connectivity index (χ3n) is 13.4. The Morgan fingerprint density at radius 2 is 0.347 bits per heavy atom. The highest BCUT2D eigenvalue weighted by molar-refractivity contribution is 5.88. The molecule has 0 radical (unpaired) electrons. The van der Waals surface area contributed by atoms with Crippen molar-refractivity contribution in [2.45, 2.75) is 0 Å². The molecule has 0 atom stereocenters. The molecule has 10 aromatic carbocycles. The second-order valence-electron chi connectivity index (χ2n) is 18.2. The topological polar surface area (TPSA) is 25.8 Å². The van der Waals surface area contributed by atoms with Crippen LogP contribution in [0.5, 0.6) is 0 Å². The Hall–Kier alpha value is -9.50. The van der Waals surface area contributed by atoms with Gasteiger partial charge in [-0.15, -0.1) is 0 Å². The quantitative estimate of drug-likeness (QED) is 0.129. The van der Waals surface area contributed by atoms with E-state index < -0.39 is 0 Å². The van der Waals surface area contributed by atoms with Gasteiger partial charge in [0.05, 0.1) is 22.8 Å². The van der Waals surface area contributed by atoms with Crippen LogP contribution in [0.2, 0.25) is 0 Å². The number of benzene rings is 10. The van der Waals surface area contributed by atoms with Crippen LogP contribution in [0.3, 0.4) is 0 Å². The van der Waals surface area contributed by atoms with Crippen LogP contribution in [0.4, 0.5) is 0 Å². The monoisotopic (exact) mass is 916 g/mol. The predicted octanol–water partition coefficient (Wildman–Crippen LogP) is 18.8. The van der Waals surface area contributed by atoms with Crippen LogP contribution in [0, 0.1) is 0 Å². The van der Waals surface area contributed by atoms with Gasteiger partial charge in [-0.05, 0) is 163 Å². The van der Waals surface area contributed by atoms with Crippen molar-refractivity contribution in [3.05, 3.63) is 291 Å². The van der Waals surface area contributed by atoms with Crippen LogP contribution >= 0.6 is 0 Å². The zero-order chi connectivity index (χ0) is 48.1. The number of hydrogen-bond donors (Lipinski definition) is 0. The molecule has 0 aliphatic heterocycles. The Morgan fingerprint density at radius 1 is 0.125 bits per heavy atom. The van der Waals surface area contributed by atoms with Gasteiger partial charge in [-0.3, -0.25) is 0 Å². The number of rotatable bonds is 11. The minimum Gasteiger partial charge on any atom is -0.248 e. The lowest BCUT2D eigenvalue weighted by atomic mass is 9.90. The average molecular weight is 917 g/mol. The van der Waals surface area contributed by atoms with Crippen molar-refractivity contribution >= 4 is 0 Å². The molecule has 0 saturated heterocycles. The summed E-state index contributed by atoms with van der Waals surface area (Å²) in [6.07, 6.45) is 0. The minimum atomic E-state index is 0.878. The Balaban J connectivity index is 1.02. The van der Waals surface area contributed by atoms with E-state index in [-0.39, 0.29) is 0 Å². The van der Waals surface area contributed by atoms with E-state index in [9.17, 15) is 0 Å². The van der Waals surface area contributed by atoms with Crippen LogP contribution in [0.15, 0.2) is 291 Å². The van der Waals surface area contributed by atoms with E-state index >= 15 is 0 Å². The zero-order valence-corrected chi connectivity index (χ0v) is 39.6. The van der Waals surface area contributed by atoms with Crippen LogP contribution in [0.25, 0.3) is 123 Å². The van der Waals surface area contributed by atoms with E-state index in [1.807, 2.05) is 0 Å². The summed E-state index contributed by atoms with van der Waals surface area (Å²) in [6.45, 7) is 0. The van der Waals surface area contributed by atoms with Crippen LogP contribution in [0.1, 0.15) is 0 Å². The Kier molecular flexibility index (Phi) is 12.1. The maximum Gasteiger partial charge on any atom is 0.0716 e. The summed E-state index contributed by atoms with van der Waals surface area (Å²) in [7, 11) is 0. The first-order valence-electron chi connectivity index (χ1n) is 24.5. The van der Waals surface area contributed by atoms with Gasteiger partial charge < -0.3 is 0 Å². The molecular weight excluding hydrogens is 869 g/mol. The SMILES string of the molecule is c1ccc(-c2cc(-c3ccccc3)cc(-c3cccc(-c4cccc(-c5cc(-c6cc(-c7ccccc7)cc(-c7ccccc7)c6)cc(-c6cc(-c7ccccc7)cc(-c7ccccc7)n6)c5)n4)c3)c2)cc1. The molecule has 12 rings (SSSR count). The molecule has 2 aromatic heterocycles. The van der Waals surface area contributed by atoms with Crippen molar-refractivity contribution in [1.82, 2.24) is 9.97 Å². The van der Waals surface area contributed by atoms with Gasteiger partial charge in [0.15, 0.2) is 0 Å². The molecule has 0 bridgehead atoms. The second kappa shape index (κ2) is 19.8. The van der Waals surface area contributed by atoms with Crippen LogP contribution < -0.4 is 0 Å². The fourth-order valence-electron chi connectivity index (χ4n) is 9.71. The van der Waals surface area contributed by atoms with Crippen molar-refractivity contribution < 1.29 is 0 Å². The summed E-state index contributed by atoms with van der Waals surface area (Å²) < 4.78 is 0. The summed E-state index contributed by atoms with van der Waals surface area (Å²) in [6, 6.07) is 104. The first-order chi connectivity index (χ1) is 35.6. The zero-order valence-electron chi connectivity index (χ0n) is 39.6. The van der Waals surface area contributed by atoms with Crippen molar-refractivity contribution in [3.8, 4) is 123 Å². The van der Waals surface area contributed by atoms with Gasteiger partial charge in [-0.1, -0.05) is 206 Å². The number of nitrogens with zero attached hydrogens (tertiary/aromatic N) is 2. The molecule has 0 saturated carbocycles. The molecule has 0 unspecified atom stereocenters. The van der Waals surface area contributed by atoms with Gasteiger partial charge in [-0.25, -0.2) is 9.97 Å². The molecule has 0 fully saturated rings. The van der Waals surface area contributed by atoms with Crippen LogP contribution in [-0.2, 0) is 0 Å². The van der Waals surface area contributed by atoms with Crippen molar-refractivity contribution in [3.63, 3.8) is 0 Å². The maximum atomic E-state index is 5.49. The number of hydrogen-bond acceptors (Lipinski definition) is 2. The third kappa shape index (κ3) is 9.46. The van der Waals surface area contributed by atoms with Gasteiger partial charge in [-0.2, -0.15) is 0 Å². The van der Waals surface area contributed by atoms with E-state index in [2.05, 4.69) is 291 Å². The minimum absolute atomic E-state index is 0.878. The van der Waals surface area contributed by atoms with Gasteiger partial charge in [0.25, 0.3) is 0 Å². The predicted molar refractivity (Wildman–Crippen MR) is 302 cm³/mol. The van der Waals surface area contributed by atoms with E-state index in [1.54, 1.807) is 0 Å². The second-order valence-corrected chi connectivity index (χ2v) is 18.2. The molecule has 72 heavy (non-hydrogen) atoms. The van der Waals surface area contributed by atoms with Crippen LogP contribution in [-0.4, -0.2) is 9.97 Å². The standard InChI is InChI=1S/C70H48N2/c1-7-21-49(22-8-1)57-38-58(50-23-9-2-10-24-50)41-61(40-57)55-33-19-34-56(37-55)67-35-20-36-68(71-67)65-44-63(62-42-59(51-25-11-3-12-26-51)39-60(43-62)52-27-13-4-14-28-52)45-66(46-65)70-48-64(53-29-15-5-16-30-53)47-69(72-70)54-31-17-6-18-32-54/h1-48H. The van der Waals surface area contributed by atoms with Gasteiger partial charge >= 0.3 is 0 Å². The lowest BCUT2D eigenvalue weighted by Crippen LogP contribution is -1.94. The third-order valence-corrected chi connectivity index (χ3v) is 13.4. The average Bonchev–Trinajstić information content (AvgIpc) is 3.48. The summed E-state index contributed by atoms with van der Waals surface area (Å²) in [5.41, 5.74) is 23.8. The molecule has 0 spiro atoms. The van der Waals surface area contributed by atoms with Gasteiger partial charge in [0, 0.05) is 22.3 Å². The first-order valence-corrected chi connectivity index (χ1v) is 24.5. The molecule has 0 N–H and O–H groups in total. The number of pyridine rings is 2. The van der Waals surface area contributed by atoms with E-state index in [0.29, 0.717) is 0 Å². The highest BCUT2D eigenvalue weighted by atomic mass is 14.7. The summed E-state index contributed by atoms with van der Waals surface area (Å²) in [4.78, 5) is 10.9. The van der Waals surface area contributed by atoms with E-state index in [1.165, 1.54) is 22.3 Å². The van der Waals surface area contributed by atoms with Crippen molar-refractivity contribution in [2.24, 2.45) is 0 Å². The normalized spacial score (nSPS) is 11.1. The molecule has 338 valence electrons. The van der Waals surface area contributed by atoms with Gasteiger partial charge in [0.2, 0.25) is 0 Å². The molecule has 2 heteroatoms. The largest absolute Gasteiger partial charge is 0.248 e. The van der Waals surface area contributed by atoms with E-state index in [4.69, 9.17) is 9.97 Å². The Bertz CT molecular complexity index is 3500. The lowest BCUT2D eigenvalue weighted by Gasteiger charge is -2.16. The lowest BCUT2D eigenvalue weighted by molar-refractivity contribution is 1.31. The molecule has 0 amide bonds. The van der Waals surface area contributed by atoms with Crippen molar-refractivity contribution in [1.29, 1.82) is 0 Å². The maximum absolute atomic E-state index is 5.49. The highest BCUT2D eigenvalue weighted by Crippen LogP contribution is 2.40. The first kappa shape index (κ1) is 43.8. The smallest absolute Gasteiger partial charge is 0.0716 e. The summed E-state index contributed by atoms with van der Waals surface area (Å²) in [5.74, 6) is 0. The van der Waals surface area contributed by atoms with Crippen molar-refractivity contribution in [2.75, 3.05) is 0 Å². The Morgan fingerprint density at radius 3 is 0.764 bits per heavy atom. The summed E-state index contributed by atoms with van der Waals surface area (Å²) in [5, 5.41) is 0. The number of aromatic nitrogens is 2. The molecule has 12 aromatic rings. The molecule has 0 aliphatic carbocycles. The fraction of sp³-hybridized carbons (Fsp3) is 0. The molecular formula is C70H48N2. The molecule has 0 aliphatic rings. The molecule has 2 heterocycles. The highest BCUT2D eigenvalue weighted by Gasteiger charge is 2.16. The summed E-state index contributed by atoms with van der Waals surface area (Å²) >= 11 is 0. The Labute approximate surface area is 421 Å². The fourth-order valence-corrected chi connectivity index (χ4v) is 9.71. The van der Waals surface area contributed by atoms with E-state index in [0.717, 1.165) is 101 Å². The van der Waals surface area contributed by atoms with Gasteiger partial charge in [0.1, 0.15) is 0 Å².